The fourth-order valence-corrected chi connectivity index (χ4v) is 3.62. The molecule has 0 spiro atoms. The molecule has 4 rings (SSSR count). The van der Waals surface area contributed by atoms with Crippen LogP contribution in [0.25, 0.3) is 11.3 Å². The largest absolute Gasteiger partial charge is 0.481 e. The van der Waals surface area contributed by atoms with Gasteiger partial charge >= 0.3 is 6.18 Å². The minimum atomic E-state index is -4.71. The average Bonchev–Trinajstić information content (AvgIpc) is 3.10. The Bertz CT molecular complexity index is 1150. The lowest BCUT2D eigenvalue weighted by molar-refractivity contribution is -0.141. The first-order valence-electron chi connectivity index (χ1n) is 9.88. The second kappa shape index (κ2) is 8.56. The van der Waals surface area contributed by atoms with E-state index in [1.54, 1.807) is 10.7 Å². The number of ether oxygens (including phenoxy) is 1. The number of fused-ring (bicyclic) bond motifs is 1. The van der Waals surface area contributed by atoms with E-state index in [1.165, 1.54) is 25.4 Å². The average molecular weight is 449 g/mol. The first kappa shape index (κ1) is 21.7. The summed E-state index contributed by atoms with van der Waals surface area (Å²) in [6, 6.07) is 4.76. The van der Waals surface area contributed by atoms with E-state index in [2.05, 4.69) is 20.4 Å². The summed E-state index contributed by atoms with van der Waals surface area (Å²) in [5.74, 6) is -0.975. The molecule has 1 atom stereocenters. The predicted molar refractivity (Wildman–Crippen MR) is 105 cm³/mol. The van der Waals surface area contributed by atoms with E-state index in [0.29, 0.717) is 42.4 Å². The highest BCUT2D eigenvalue weighted by molar-refractivity contribution is 5.94. The highest BCUT2D eigenvalue weighted by atomic mass is 19.4. The van der Waals surface area contributed by atoms with Gasteiger partial charge in [-0.05, 0) is 37.5 Å². The van der Waals surface area contributed by atoms with Crippen molar-refractivity contribution in [3.63, 3.8) is 0 Å². The molecule has 0 saturated carbocycles. The molecule has 168 valence electrons. The molecular weight excluding hydrogens is 430 g/mol. The maximum absolute atomic E-state index is 14.3. The summed E-state index contributed by atoms with van der Waals surface area (Å²) in [6.07, 6.45) is -0.541. The quantitative estimate of drug-likeness (QED) is 0.605. The number of aromatic nitrogens is 4. The second-order valence-electron chi connectivity index (χ2n) is 7.33. The number of halogens is 4. The molecule has 11 heteroatoms. The molecule has 4 heterocycles. The molecule has 32 heavy (non-hydrogen) atoms. The normalized spacial score (nSPS) is 16.2. The molecule has 1 amide bonds. The Labute approximate surface area is 180 Å². The van der Waals surface area contributed by atoms with Gasteiger partial charge in [0.1, 0.15) is 5.69 Å². The molecule has 3 aromatic heterocycles. The molecule has 0 aliphatic carbocycles. The van der Waals surface area contributed by atoms with E-state index in [9.17, 15) is 22.4 Å². The molecule has 0 bridgehead atoms. The summed E-state index contributed by atoms with van der Waals surface area (Å²) in [5, 5.41) is 7.25. The van der Waals surface area contributed by atoms with Crippen molar-refractivity contribution >= 4 is 5.91 Å². The van der Waals surface area contributed by atoms with E-state index < -0.39 is 23.7 Å². The highest BCUT2D eigenvalue weighted by Gasteiger charge is 2.34. The molecule has 0 aromatic carbocycles. The zero-order chi connectivity index (χ0) is 22.9. The first-order valence-corrected chi connectivity index (χ1v) is 9.88. The highest BCUT2D eigenvalue weighted by Crippen LogP contribution is 2.34. The van der Waals surface area contributed by atoms with E-state index in [0.717, 1.165) is 12.8 Å². The van der Waals surface area contributed by atoms with Crippen LogP contribution >= 0.6 is 0 Å². The number of nitrogens with one attached hydrogen (secondary N) is 1. The van der Waals surface area contributed by atoms with Crippen molar-refractivity contribution in [2.75, 3.05) is 7.11 Å². The van der Waals surface area contributed by atoms with Crippen LogP contribution in [0.5, 0.6) is 5.88 Å². The molecule has 1 aliphatic heterocycles. The Morgan fingerprint density at radius 1 is 1.22 bits per heavy atom. The van der Waals surface area contributed by atoms with Gasteiger partial charge in [-0.1, -0.05) is 0 Å². The number of aryl methyl sites for hydroxylation is 1. The van der Waals surface area contributed by atoms with Crippen molar-refractivity contribution in [1.29, 1.82) is 0 Å². The molecule has 0 fully saturated rings. The standard InChI is InChI=1S/C21H19F4N5O2/c1-32-19-8-12(5-6-26-19)20(31)28-15-4-2-3-7-30-17(15)10-16(29-30)13-9-18(21(23,24)25)27-11-14(13)22/h5-6,8-11,15H,2-4,7H2,1H3,(H,28,31)/t15-/m0/s1. The molecule has 1 N–H and O–H groups in total. The third-order valence-electron chi connectivity index (χ3n) is 5.21. The molecular formula is C21H19F4N5O2. The SMILES string of the molecule is COc1cc(C(=O)N[C@H]2CCCCn3nc(-c4cc(C(F)(F)F)ncc4F)cc32)ccn1. The third kappa shape index (κ3) is 4.41. The molecule has 1 aliphatic rings. The van der Waals surface area contributed by atoms with Crippen molar-refractivity contribution in [2.24, 2.45) is 0 Å². The van der Waals surface area contributed by atoms with Crippen LogP contribution in [0.4, 0.5) is 17.6 Å². The fraction of sp³-hybridized carbons (Fsp3) is 0.333. The summed E-state index contributed by atoms with van der Waals surface area (Å²) < 4.78 is 60.1. The van der Waals surface area contributed by atoms with Crippen LogP contribution in [-0.4, -0.2) is 32.8 Å². The van der Waals surface area contributed by atoms with Crippen LogP contribution in [0.15, 0.2) is 36.7 Å². The van der Waals surface area contributed by atoms with Crippen LogP contribution in [-0.2, 0) is 12.7 Å². The number of methoxy groups -OCH3 is 1. The van der Waals surface area contributed by atoms with Crippen LogP contribution in [0.1, 0.15) is 47.1 Å². The number of pyridine rings is 2. The fourth-order valence-electron chi connectivity index (χ4n) is 3.62. The van der Waals surface area contributed by atoms with Gasteiger partial charge in [0, 0.05) is 29.9 Å². The van der Waals surface area contributed by atoms with Gasteiger partial charge in [0.05, 0.1) is 30.7 Å². The van der Waals surface area contributed by atoms with Crippen LogP contribution < -0.4 is 10.1 Å². The van der Waals surface area contributed by atoms with Crippen LogP contribution in [0.3, 0.4) is 0 Å². The Morgan fingerprint density at radius 3 is 2.78 bits per heavy atom. The Kier molecular flexibility index (Phi) is 5.81. The summed E-state index contributed by atoms with van der Waals surface area (Å²) in [5.41, 5.74) is -0.499. The predicted octanol–water partition coefficient (Wildman–Crippen LogP) is 4.16. The molecule has 0 unspecified atom stereocenters. The number of carbonyl (C=O) groups is 1. The van der Waals surface area contributed by atoms with E-state index in [1.807, 2.05) is 0 Å². The van der Waals surface area contributed by atoms with E-state index in [-0.39, 0.29) is 17.2 Å². The maximum atomic E-state index is 14.3. The Balaban J connectivity index is 1.66. The molecule has 3 aromatic rings. The van der Waals surface area contributed by atoms with Crippen molar-refractivity contribution in [3.8, 4) is 17.1 Å². The third-order valence-corrected chi connectivity index (χ3v) is 5.21. The van der Waals surface area contributed by atoms with Crippen molar-refractivity contribution in [1.82, 2.24) is 25.1 Å². The molecule has 7 nitrogen and oxygen atoms in total. The summed E-state index contributed by atoms with van der Waals surface area (Å²) in [4.78, 5) is 19.9. The molecule has 0 radical (unpaired) electrons. The number of hydrogen-bond donors (Lipinski definition) is 1. The lowest BCUT2D eigenvalue weighted by Gasteiger charge is -2.17. The monoisotopic (exact) mass is 449 g/mol. The van der Waals surface area contributed by atoms with Crippen molar-refractivity contribution < 1.29 is 27.1 Å². The van der Waals surface area contributed by atoms with E-state index >= 15 is 0 Å². The van der Waals surface area contributed by atoms with Gasteiger partial charge in [-0.15, -0.1) is 0 Å². The summed E-state index contributed by atoms with van der Waals surface area (Å²) in [7, 11) is 1.44. The summed E-state index contributed by atoms with van der Waals surface area (Å²) in [6.45, 7) is 0.504. The number of rotatable bonds is 4. The van der Waals surface area contributed by atoms with Gasteiger partial charge in [0.15, 0.2) is 5.82 Å². The Hall–Kier alpha value is -3.50. The maximum Gasteiger partial charge on any atom is 0.433 e. The van der Waals surface area contributed by atoms with Gasteiger partial charge in [-0.3, -0.25) is 9.48 Å². The lowest BCUT2D eigenvalue weighted by Crippen LogP contribution is -2.29. The number of carbonyl (C=O) groups excluding carboxylic acids is 1. The summed E-state index contributed by atoms with van der Waals surface area (Å²) >= 11 is 0. The number of amides is 1. The van der Waals surface area contributed by atoms with E-state index in [4.69, 9.17) is 4.74 Å². The number of hydrogen-bond acceptors (Lipinski definition) is 5. The lowest BCUT2D eigenvalue weighted by atomic mass is 10.1. The first-order chi connectivity index (χ1) is 15.3. The van der Waals surface area contributed by atoms with Crippen molar-refractivity contribution in [3.05, 3.63) is 59.4 Å². The Morgan fingerprint density at radius 2 is 2.03 bits per heavy atom. The van der Waals surface area contributed by atoms with Crippen molar-refractivity contribution in [2.45, 2.75) is 38.0 Å². The van der Waals surface area contributed by atoms with Gasteiger partial charge in [-0.25, -0.2) is 14.4 Å². The van der Waals surface area contributed by atoms with Gasteiger partial charge in [-0.2, -0.15) is 18.3 Å². The van der Waals surface area contributed by atoms with Gasteiger partial charge < -0.3 is 10.1 Å². The minimum absolute atomic E-state index is 0.0529. The number of nitrogens with zero attached hydrogens (tertiary/aromatic N) is 4. The van der Waals surface area contributed by atoms with Crippen LogP contribution in [0.2, 0.25) is 0 Å². The molecule has 0 saturated heterocycles. The zero-order valence-electron chi connectivity index (χ0n) is 17.0. The zero-order valence-corrected chi connectivity index (χ0v) is 17.0. The smallest absolute Gasteiger partial charge is 0.433 e. The minimum Gasteiger partial charge on any atom is -0.481 e. The van der Waals surface area contributed by atoms with Gasteiger partial charge in [0.25, 0.3) is 5.91 Å². The van der Waals surface area contributed by atoms with Crippen LogP contribution in [0, 0.1) is 5.82 Å². The topological polar surface area (TPSA) is 81.9 Å². The second-order valence-corrected chi connectivity index (χ2v) is 7.33. The van der Waals surface area contributed by atoms with Gasteiger partial charge in [0.2, 0.25) is 5.88 Å². The number of alkyl halides is 3.